The Balaban J connectivity index is 1.43. The van der Waals surface area contributed by atoms with Gasteiger partial charge >= 0.3 is 5.97 Å². The second-order valence-electron chi connectivity index (χ2n) is 9.88. The maximum Gasteiger partial charge on any atom is 0.317 e. The van der Waals surface area contributed by atoms with E-state index in [1.54, 1.807) is 42.9 Å². The first-order valence-corrected chi connectivity index (χ1v) is 14.7. The Hall–Kier alpha value is -3.50. The standard InChI is InChI=1S/C30H23Cl3N2O6S/c1-30-24(28(37)39-3)25(18-6-4-5-7-22(18)41-30)35-27(36)23(42-29(35)34-30)11-15-8-9-21(38-2)16(10-15)14-40-26-19(32)12-17(31)13-20(26)33/h4-13,24-25H,14H2,1-3H3/t24-,25+,30+/m0/s1. The van der Waals surface area contributed by atoms with E-state index < -0.39 is 23.7 Å². The molecule has 2 aliphatic rings. The average Bonchev–Trinajstić information content (AvgIpc) is 3.24. The molecule has 2 aliphatic heterocycles. The van der Waals surface area contributed by atoms with Crippen molar-refractivity contribution >= 4 is 58.2 Å². The highest BCUT2D eigenvalue weighted by Gasteiger charge is 2.55. The highest BCUT2D eigenvalue weighted by atomic mass is 35.5. The number of fused-ring (bicyclic) bond motifs is 6. The molecule has 0 aliphatic carbocycles. The van der Waals surface area contributed by atoms with E-state index in [4.69, 9.17) is 58.7 Å². The van der Waals surface area contributed by atoms with Crippen molar-refractivity contribution < 1.29 is 23.7 Å². The number of esters is 1. The zero-order valence-corrected chi connectivity index (χ0v) is 25.6. The summed E-state index contributed by atoms with van der Waals surface area (Å²) in [6, 6.07) is 15.3. The maximum atomic E-state index is 13.9. The number of carbonyl (C=O) groups excluding carboxylic acids is 1. The van der Waals surface area contributed by atoms with Crippen LogP contribution in [0.3, 0.4) is 0 Å². The molecule has 42 heavy (non-hydrogen) atoms. The number of ether oxygens (including phenoxy) is 4. The van der Waals surface area contributed by atoms with Crippen LogP contribution in [0, 0.1) is 5.92 Å². The minimum Gasteiger partial charge on any atom is -0.496 e. The van der Waals surface area contributed by atoms with Gasteiger partial charge in [0.2, 0.25) is 5.72 Å². The molecule has 216 valence electrons. The molecule has 2 bridgehead atoms. The molecule has 6 rings (SSSR count). The molecule has 0 N–H and O–H groups in total. The third-order valence-corrected chi connectivity index (χ3v) is 9.03. The van der Waals surface area contributed by atoms with Crippen LogP contribution in [0.25, 0.3) is 6.08 Å². The van der Waals surface area contributed by atoms with Gasteiger partial charge in [0.25, 0.3) is 5.56 Å². The maximum absolute atomic E-state index is 13.9. The van der Waals surface area contributed by atoms with E-state index in [1.807, 2.05) is 36.4 Å². The van der Waals surface area contributed by atoms with Gasteiger partial charge in [0.05, 0.1) is 34.8 Å². The molecule has 1 aromatic heterocycles. The number of nitrogens with zero attached hydrogens (tertiary/aromatic N) is 2. The molecule has 3 atom stereocenters. The summed E-state index contributed by atoms with van der Waals surface area (Å²) in [5.41, 5.74) is 0.640. The molecule has 0 amide bonds. The second kappa shape index (κ2) is 11.0. The SMILES string of the molecule is COC(=O)[C@@H]1[C@H]2c3ccccc3O[C@@]1(C)N=c1sc(=Cc3ccc(OC)c(COc4c(Cl)cc(Cl)cc4Cl)c3)c(=O)n12. The smallest absolute Gasteiger partial charge is 0.317 e. The van der Waals surface area contributed by atoms with Crippen molar-refractivity contribution in [1.82, 2.24) is 4.57 Å². The number of rotatable bonds is 6. The third kappa shape index (κ3) is 4.84. The molecular weight excluding hydrogens is 623 g/mol. The van der Waals surface area contributed by atoms with Crippen molar-refractivity contribution in [2.24, 2.45) is 10.9 Å². The van der Waals surface area contributed by atoms with Crippen molar-refractivity contribution in [1.29, 1.82) is 0 Å². The lowest BCUT2D eigenvalue weighted by Gasteiger charge is -2.44. The van der Waals surface area contributed by atoms with Gasteiger partial charge in [-0.15, -0.1) is 0 Å². The number of benzene rings is 3. The van der Waals surface area contributed by atoms with E-state index in [-0.39, 0.29) is 22.2 Å². The summed E-state index contributed by atoms with van der Waals surface area (Å²) in [6.07, 6.45) is 1.77. The number of carbonyl (C=O) groups is 1. The van der Waals surface area contributed by atoms with Gasteiger partial charge in [-0.1, -0.05) is 70.4 Å². The summed E-state index contributed by atoms with van der Waals surface area (Å²) in [5, 5.41) is 0.962. The van der Waals surface area contributed by atoms with Gasteiger partial charge < -0.3 is 18.9 Å². The van der Waals surface area contributed by atoms with E-state index in [1.165, 1.54) is 18.4 Å². The molecule has 0 unspecified atom stereocenters. The van der Waals surface area contributed by atoms with Crippen LogP contribution in [0.5, 0.6) is 17.2 Å². The molecule has 0 radical (unpaired) electrons. The van der Waals surface area contributed by atoms with Crippen molar-refractivity contribution in [2.45, 2.75) is 25.3 Å². The summed E-state index contributed by atoms with van der Waals surface area (Å²) < 4.78 is 24.8. The molecule has 3 heterocycles. The first-order chi connectivity index (χ1) is 20.1. The Kier molecular flexibility index (Phi) is 7.47. The zero-order valence-electron chi connectivity index (χ0n) is 22.5. The van der Waals surface area contributed by atoms with Crippen molar-refractivity contribution in [2.75, 3.05) is 14.2 Å². The Bertz CT molecular complexity index is 1900. The molecule has 0 spiro atoms. The normalized spacial score (nSPS) is 20.6. The van der Waals surface area contributed by atoms with Crippen LogP contribution in [0.15, 0.2) is 64.4 Å². The van der Waals surface area contributed by atoms with Crippen molar-refractivity contribution in [3.8, 4) is 17.2 Å². The second-order valence-corrected chi connectivity index (χ2v) is 12.1. The highest BCUT2D eigenvalue weighted by molar-refractivity contribution is 7.07. The topological polar surface area (TPSA) is 88.4 Å². The minimum atomic E-state index is -1.24. The molecule has 3 aromatic carbocycles. The number of aromatic nitrogens is 1. The summed E-state index contributed by atoms with van der Waals surface area (Å²) in [7, 11) is 2.88. The monoisotopic (exact) mass is 644 g/mol. The van der Waals surface area contributed by atoms with E-state index >= 15 is 0 Å². The van der Waals surface area contributed by atoms with Gasteiger partial charge in [-0.2, -0.15) is 0 Å². The van der Waals surface area contributed by atoms with E-state index in [2.05, 4.69) is 0 Å². The molecule has 8 nitrogen and oxygen atoms in total. The van der Waals surface area contributed by atoms with Gasteiger partial charge in [0, 0.05) is 16.1 Å². The Labute approximate surface area is 259 Å². The number of hydrogen-bond acceptors (Lipinski definition) is 8. The molecule has 0 fully saturated rings. The van der Waals surface area contributed by atoms with Crippen LogP contribution in [-0.2, 0) is 16.1 Å². The van der Waals surface area contributed by atoms with E-state index in [9.17, 15) is 9.59 Å². The van der Waals surface area contributed by atoms with E-state index in [0.29, 0.717) is 37.2 Å². The molecule has 0 saturated carbocycles. The fraction of sp³-hybridized carbons (Fsp3) is 0.233. The lowest BCUT2D eigenvalue weighted by molar-refractivity contribution is -0.158. The number of para-hydroxylation sites is 1. The third-order valence-electron chi connectivity index (χ3n) is 7.27. The van der Waals surface area contributed by atoms with Gasteiger partial charge in [-0.3, -0.25) is 14.2 Å². The van der Waals surface area contributed by atoms with Gasteiger partial charge in [-0.25, -0.2) is 4.99 Å². The lowest BCUT2D eigenvalue weighted by atomic mass is 9.81. The van der Waals surface area contributed by atoms with Crippen LogP contribution in [0.2, 0.25) is 15.1 Å². The van der Waals surface area contributed by atoms with Gasteiger partial charge in [-0.05, 0) is 48.9 Å². The average molecular weight is 646 g/mol. The van der Waals surface area contributed by atoms with Crippen molar-refractivity contribution in [3.63, 3.8) is 0 Å². The fourth-order valence-corrected chi connectivity index (χ4v) is 7.43. The number of halogens is 3. The zero-order chi connectivity index (χ0) is 29.8. The number of methoxy groups -OCH3 is 2. The van der Waals surface area contributed by atoms with E-state index in [0.717, 1.165) is 11.1 Å². The van der Waals surface area contributed by atoms with Gasteiger partial charge in [0.15, 0.2) is 10.6 Å². The summed E-state index contributed by atoms with van der Waals surface area (Å²) in [4.78, 5) is 32.1. The fourth-order valence-electron chi connectivity index (χ4n) is 5.40. The number of thiazole rings is 1. The molecular formula is C30H23Cl3N2O6S. The Morgan fingerprint density at radius 2 is 1.86 bits per heavy atom. The first kappa shape index (κ1) is 28.6. The lowest BCUT2D eigenvalue weighted by Crippen LogP contribution is -2.58. The minimum absolute atomic E-state index is 0.0938. The van der Waals surface area contributed by atoms with Crippen LogP contribution in [0.4, 0.5) is 0 Å². The predicted octanol–water partition coefficient (Wildman–Crippen LogP) is 5.41. The van der Waals surface area contributed by atoms with Crippen LogP contribution in [0.1, 0.15) is 29.7 Å². The summed E-state index contributed by atoms with van der Waals surface area (Å²) in [6.45, 7) is 1.83. The van der Waals surface area contributed by atoms with Crippen LogP contribution in [-0.4, -0.2) is 30.5 Å². The molecule has 4 aromatic rings. The summed E-state index contributed by atoms with van der Waals surface area (Å²) >= 11 is 19.8. The van der Waals surface area contributed by atoms with Crippen LogP contribution >= 0.6 is 46.1 Å². The largest absolute Gasteiger partial charge is 0.496 e. The number of hydrogen-bond donors (Lipinski definition) is 0. The van der Waals surface area contributed by atoms with Crippen LogP contribution < -0.4 is 29.1 Å². The molecule has 0 saturated heterocycles. The highest BCUT2D eigenvalue weighted by Crippen LogP contribution is 2.47. The van der Waals surface area contributed by atoms with Crippen molar-refractivity contribution in [3.05, 3.63) is 106 Å². The first-order valence-electron chi connectivity index (χ1n) is 12.8. The predicted molar refractivity (Wildman–Crippen MR) is 161 cm³/mol. The Morgan fingerprint density at radius 1 is 1.12 bits per heavy atom. The van der Waals surface area contributed by atoms with Gasteiger partial charge in [0.1, 0.15) is 24.0 Å². The summed E-state index contributed by atoms with van der Waals surface area (Å²) in [5.74, 6) is 0.107. The molecule has 12 heteroatoms. The quantitative estimate of drug-likeness (QED) is 0.261. The Morgan fingerprint density at radius 3 is 2.57 bits per heavy atom.